The molecule has 0 unspecified atom stereocenters. The molecule has 1 aromatic carbocycles. The van der Waals surface area contributed by atoms with Gasteiger partial charge in [-0.2, -0.15) is 0 Å². The molecule has 21 heavy (non-hydrogen) atoms. The van der Waals surface area contributed by atoms with E-state index in [0.29, 0.717) is 19.5 Å². The Hall–Kier alpha value is -1.89. The molecule has 1 aliphatic heterocycles. The molecule has 0 atom stereocenters. The summed E-state index contributed by atoms with van der Waals surface area (Å²) < 4.78 is 22.2. The highest BCUT2D eigenvalue weighted by atomic mass is 32.2. The Morgan fingerprint density at radius 3 is 2.62 bits per heavy atom. The van der Waals surface area contributed by atoms with Crippen LogP contribution in [0.5, 0.6) is 0 Å². The topological polar surface area (TPSA) is 91.8 Å². The monoisotopic (exact) mass is 311 g/mol. The molecule has 0 aliphatic carbocycles. The summed E-state index contributed by atoms with van der Waals surface area (Å²) in [6, 6.07) is 4.91. The van der Waals surface area contributed by atoms with Crippen molar-refractivity contribution in [1.29, 1.82) is 0 Å². The minimum atomic E-state index is -3.16. The van der Waals surface area contributed by atoms with Crippen molar-refractivity contribution >= 4 is 21.7 Å². The maximum absolute atomic E-state index is 12.0. The average Bonchev–Trinajstić information content (AvgIpc) is 2.42. The second-order valence-electron chi connectivity index (χ2n) is 5.23. The smallest absolute Gasteiger partial charge is 0.335 e. The van der Waals surface area contributed by atoms with E-state index < -0.39 is 15.8 Å². The standard InChI is InChI=1S/C14H17NO5S/c1-21(19,20)7-5-13(16)15-6-4-10-2-3-11(14(17)18)8-12(10)9-15/h2-3,8H,4-7,9H2,1H3,(H,17,18). The van der Waals surface area contributed by atoms with Gasteiger partial charge in [0.25, 0.3) is 0 Å². The van der Waals surface area contributed by atoms with Crippen molar-refractivity contribution in [3.8, 4) is 0 Å². The number of hydrogen-bond donors (Lipinski definition) is 1. The third-order valence-electron chi connectivity index (χ3n) is 3.50. The van der Waals surface area contributed by atoms with Crippen LogP contribution in [0.4, 0.5) is 0 Å². The van der Waals surface area contributed by atoms with Gasteiger partial charge in [-0.1, -0.05) is 6.07 Å². The molecule has 0 fully saturated rings. The normalized spacial score (nSPS) is 14.6. The largest absolute Gasteiger partial charge is 0.478 e. The first kappa shape index (κ1) is 15.5. The molecular weight excluding hydrogens is 294 g/mol. The van der Waals surface area contributed by atoms with E-state index >= 15 is 0 Å². The Kier molecular flexibility index (Phi) is 4.32. The third-order valence-corrected chi connectivity index (χ3v) is 4.45. The van der Waals surface area contributed by atoms with Gasteiger partial charge in [0.1, 0.15) is 9.84 Å². The Morgan fingerprint density at radius 1 is 1.29 bits per heavy atom. The molecular formula is C14H17NO5S. The predicted octanol–water partition coefficient (Wildman–Crippen LogP) is 0.704. The summed E-state index contributed by atoms with van der Waals surface area (Å²) in [5, 5.41) is 8.99. The number of carbonyl (C=O) groups excluding carboxylic acids is 1. The van der Waals surface area contributed by atoms with Gasteiger partial charge < -0.3 is 10.0 Å². The highest BCUT2D eigenvalue weighted by molar-refractivity contribution is 7.90. The molecule has 0 radical (unpaired) electrons. The zero-order chi connectivity index (χ0) is 15.6. The first-order valence-electron chi connectivity index (χ1n) is 6.57. The van der Waals surface area contributed by atoms with Crippen LogP contribution in [0.1, 0.15) is 27.9 Å². The number of carbonyl (C=O) groups is 2. The Balaban J connectivity index is 2.09. The van der Waals surface area contributed by atoms with Crippen LogP contribution in [0.3, 0.4) is 0 Å². The van der Waals surface area contributed by atoms with Gasteiger partial charge in [-0.3, -0.25) is 4.79 Å². The van der Waals surface area contributed by atoms with Crippen molar-refractivity contribution in [2.24, 2.45) is 0 Å². The highest BCUT2D eigenvalue weighted by Gasteiger charge is 2.22. The van der Waals surface area contributed by atoms with Crippen molar-refractivity contribution in [3.05, 3.63) is 34.9 Å². The number of aromatic carboxylic acids is 1. The lowest BCUT2D eigenvalue weighted by Gasteiger charge is -2.29. The molecule has 6 nitrogen and oxygen atoms in total. The SMILES string of the molecule is CS(=O)(=O)CCC(=O)N1CCc2ccc(C(=O)O)cc2C1. The number of carboxylic acid groups (broad SMARTS) is 1. The van der Waals surface area contributed by atoms with E-state index in [9.17, 15) is 18.0 Å². The predicted molar refractivity (Wildman–Crippen MR) is 76.9 cm³/mol. The fraction of sp³-hybridized carbons (Fsp3) is 0.429. The van der Waals surface area contributed by atoms with Crippen molar-refractivity contribution in [2.45, 2.75) is 19.4 Å². The zero-order valence-corrected chi connectivity index (χ0v) is 12.5. The number of nitrogens with zero attached hydrogens (tertiary/aromatic N) is 1. The van der Waals surface area contributed by atoms with E-state index in [0.717, 1.165) is 17.4 Å². The van der Waals surface area contributed by atoms with Crippen molar-refractivity contribution in [2.75, 3.05) is 18.6 Å². The molecule has 0 aromatic heterocycles. The molecule has 0 saturated heterocycles. The molecule has 114 valence electrons. The molecule has 1 amide bonds. The van der Waals surface area contributed by atoms with E-state index in [4.69, 9.17) is 5.11 Å². The van der Waals surface area contributed by atoms with Crippen molar-refractivity contribution < 1.29 is 23.1 Å². The minimum Gasteiger partial charge on any atom is -0.478 e. The van der Waals surface area contributed by atoms with Crippen molar-refractivity contribution in [3.63, 3.8) is 0 Å². The Labute approximate surface area is 123 Å². The number of hydrogen-bond acceptors (Lipinski definition) is 4. The Bertz CT molecular complexity index is 681. The minimum absolute atomic E-state index is 0.0349. The van der Waals surface area contributed by atoms with Crippen LogP contribution in [-0.2, 0) is 27.6 Å². The summed E-state index contributed by atoms with van der Waals surface area (Å²) in [4.78, 5) is 24.6. The van der Waals surface area contributed by atoms with Crippen LogP contribution in [0, 0.1) is 0 Å². The number of sulfone groups is 1. The summed E-state index contributed by atoms with van der Waals surface area (Å²) in [7, 11) is -3.16. The molecule has 0 saturated carbocycles. The molecule has 7 heteroatoms. The van der Waals surface area contributed by atoms with E-state index in [-0.39, 0.29) is 23.6 Å². The number of fused-ring (bicyclic) bond motifs is 1. The van der Waals surface area contributed by atoms with Gasteiger partial charge in [-0.25, -0.2) is 13.2 Å². The Morgan fingerprint density at radius 2 is 2.00 bits per heavy atom. The van der Waals surface area contributed by atoms with E-state index in [1.165, 1.54) is 0 Å². The van der Waals surface area contributed by atoms with Gasteiger partial charge >= 0.3 is 5.97 Å². The van der Waals surface area contributed by atoms with Crippen LogP contribution in [0.15, 0.2) is 18.2 Å². The van der Waals surface area contributed by atoms with Gasteiger partial charge in [0, 0.05) is 25.8 Å². The van der Waals surface area contributed by atoms with Crippen LogP contribution >= 0.6 is 0 Å². The first-order valence-corrected chi connectivity index (χ1v) is 8.63. The summed E-state index contributed by atoms with van der Waals surface area (Å²) in [5.41, 5.74) is 2.04. The lowest BCUT2D eigenvalue weighted by molar-refractivity contribution is -0.131. The lowest BCUT2D eigenvalue weighted by atomic mass is 9.97. The number of benzene rings is 1. The van der Waals surface area contributed by atoms with Gasteiger partial charge in [0.05, 0.1) is 11.3 Å². The fourth-order valence-corrected chi connectivity index (χ4v) is 2.88. The third kappa shape index (κ3) is 4.04. The van der Waals surface area contributed by atoms with Gasteiger partial charge in [-0.05, 0) is 29.7 Å². The number of rotatable bonds is 4. The second kappa shape index (κ2) is 5.85. The average molecular weight is 311 g/mol. The quantitative estimate of drug-likeness (QED) is 0.884. The van der Waals surface area contributed by atoms with Crippen LogP contribution in [0.2, 0.25) is 0 Å². The molecule has 0 spiro atoms. The highest BCUT2D eigenvalue weighted by Crippen LogP contribution is 2.21. The summed E-state index contributed by atoms with van der Waals surface area (Å²) in [6.45, 7) is 0.862. The van der Waals surface area contributed by atoms with E-state index in [1.807, 2.05) is 0 Å². The van der Waals surface area contributed by atoms with Crippen molar-refractivity contribution in [1.82, 2.24) is 4.90 Å². The molecule has 0 bridgehead atoms. The van der Waals surface area contributed by atoms with Gasteiger partial charge in [0.15, 0.2) is 0 Å². The molecule has 1 heterocycles. The molecule has 1 aliphatic rings. The summed E-state index contributed by atoms with van der Waals surface area (Å²) in [6.07, 6.45) is 1.72. The summed E-state index contributed by atoms with van der Waals surface area (Å²) in [5.74, 6) is -1.38. The first-order chi connectivity index (χ1) is 9.76. The maximum Gasteiger partial charge on any atom is 0.335 e. The van der Waals surface area contributed by atoms with Gasteiger partial charge in [0.2, 0.25) is 5.91 Å². The number of amides is 1. The van der Waals surface area contributed by atoms with Crippen LogP contribution < -0.4 is 0 Å². The summed E-state index contributed by atoms with van der Waals surface area (Å²) >= 11 is 0. The molecule has 1 aromatic rings. The van der Waals surface area contributed by atoms with E-state index in [2.05, 4.69) is 0 Å². The van der Waals surface area contributed by atoms with Crippen LogP contribution in [-0.4, -0.2) is 48.9 Å². The van der Waals surface area contributed by atoms with Crippen LogP contribution in [0.25, 0.3) is 0 Å². The molecule has 1 N–H and O–H groups in total. The lowest BCUT2D eigenvalue weighted by Crippen LogP contribution is -2.36. The van der Waals surface area contributed by atoms with Gasteiger partial charge in [-0.15, -0.1) is 0 Å². The fourth-order valence-electron chi connectivity index (χ4n) is 2.33. The maximum atomic E-state index is 12.0. The molecule has 2 rings (SSSR count). The van der Waals surface area contributed by atoms with E-state index in [1.54, 1.807) is 23.1 Å². The second-order valence-corrected chi connectivity index (χ2v) is 7.49. The zero-order valence-electron chi connectivity index (χ0n) is 11.7. The number of carboxylic acids is 1.